The Balaban J connectivity index is 2.00. The molecule has 5 nitrogen and oxygen atoms in total. The van der Waals surface area contributed by atoms with E-state index in [0.29, 0.717) is 18.7 Å². The molecule has 0 saturated carbocycles. The molecule has 0 spiro atoms. The van der Waals surface area contributed by atoms with Crippen LogP contribution in [0.15, 0.2) is 12.1 Å². The van der Waals surface area contributed by atoms with Crippen molar-refractivity contribution >= 4 is 18.0 Å². The highest BCUT2D eigenvalue weighted by atomic mass is 16.2. The maximum atomic E-state index is 12.4. The number of anilines is 1. The molecule has 1 N–H and O–H groups in total. The number of carbonyl (C=O) groups is 2. The number of urea groups is 1. The van der Waals surface area contributed by atoms with Gasteiger partial charge in [0, 0.05) is 38.3 Å². The van der Waals surface area contributed by atoms with Crippen molar-refractivity contribution in [1.29, 1.82) is 0 Å². The SMILES string of the molecule is CCN1CCCN(c2cc3c(cc2C=O)CNC3)C1=O. The lowest BCUT2D eigenvalue weighted by Gasteiger charge is -2.35. The van der Waals surface area contributed by atoms with Crippen molar-refractivity contribution in [2.75, 3.05) is 24.5 Å². The average Bonchev–Trinajstić information content (AvgIpc) is 2.93. The van der Waals surface area contributed by atoms with Crippen molar-refractivity contribution in [1.82, 2.24) is 10.2 Å². The number of nitrogens with one attached hydrogen (secondary N) is 1. The molecule has 3 rings (SSSR count). The number of fused-ring (bicyclic) bond motifs is 1. The second-order valence-electron chi connectivity index (χ2n) is 5.27. The van der Waals surface area contributed by atoms with Crippen LogP contribution in [0.2, 0.25) is 0 Å². The van der Waals surface area contributed by atoms with Crippen LogP contribution in [0.3, 0.4) is 0 Å². The van der Waals surface area contributed by atoms with Gasteiger partial charge in [-0.1, -0.05) is 0 Å². The smallest absolute Gasteiger partial charge is 0.324 e. The molecule has 0 aromatic heterocycles. The molecule has 2 amide bonds. The maximum absolute atomic E-state index is 12.4. The number of hydrogen-bond acceptors (Lipinski definition) is 3. The van der Waals surface area contributed by atoms with E-state index >= 15 is 0 Å². The number of rotatable bonds is 3. The van der Waals surface area contributed by atoms with Crippen molar-refractivity contribution < 1.29 is 9.59 Å². The molecule has 106 valence electrons. The molecular formula is C15H19N3O2. The topological polar surface area (TPSA) is 52.6 Å². The highest BCUT2D eigenvalue weighted by Crippen LogP contribution is 2.29. The van der Waals surface area contributed by atoms with Gasteiger partial charge in [-0.3, -0.25) is 9.69 Å². The first kappa shape index (κ1) is 13.1. The van der Waals surface area contributed by atoms with Gasteiger partial charge in [-0.25, -0.2) is 4.79 Å². The van der Waals surface area contributed by atoms with Crippen molar-refractivity contribution in [3.63, 3.8) is 0 Å². The molecule has 5 heteroatoms. The maximum Gasteiger partial charge on any atom is 0.324 e. The third kappa shape index (κ3) is 2.08. The van der Waals surface area contributed by atoms with Gasteiger partial charge in [0.15, 0.2) is 6.29 Å². The zero-order valence-corrected chi connectivity index (χ0v) is 11.7. The van der Waals surface area contributed by atoms with Crippen molar-refractivity contribution in [2.24, 2.45) is 0 Å². The largest absolute Gasteiger partial charge is 0.325 e. The number of nitrogens with zero attached hydrogens (tertiary/aromatic N) is 2. The fourth-order valence-corrected chi connectivity index (χ4v) is 2.98. The molecule has 1 aromatic rings. The second kappa shape index (κ2) is 5.25. The summed E-state index contributed by atoms with van der Waals surface area (Å²) in [6, 6.07) is 3.92. The summed E-state index contributed by atoms with van der Waals surface area (Å²) >= 11 is 0. The summed E-state index contributed by atoms with van der Waals surface area (Å²) in [5.74, 6) is 0. The van der Waals surface area contributed by atoms with Gasteiger partial charge in [0.1, 0.15) is 0 Å². The van der Waals surface area contributed by atoms with Gasteiger partial charge >= 0.3 is 6.03 Å². The number of carbonyl (C=O) groups excluding carboxylic acids is 2. The predicted molar refractivity (Wildman–Crippen MR) is 77.0 cm³/mol. The molecule has 1 saturated heterocycles. The Morgan fingerprint density at radius 3 is 2.70 bits per heavy atom. The van der Waals surface area contributed by atoms with Crippen molar-refractivity contribution in [2.45, 2.75) is 26.4 Å². The van der Waals surface area contributed by atoms with Crippen LogP contribution in [0.5, 0.6) is 0 Å². The van der Waals surface area contributed by atoms with Gasteiger partial charge in [-0.05, 0) is 36.6 Å². The van der Waals surface area contributed by atoms with Crippen LogP contribution in [0.4, 0.5) is 10.5 Å². The Morgan fingerprint density at radius 2 is 2.00 bits per heavy atom. The van der Waals surface area contributed by atoms with Crippen LogP contribution in [0.1, 0.15) is 34.8 Å². The molecule has 2 aliphatic rings. The van der Waals surface area contributed by atoms with E-state index in [2.05, 4.69) is 5.32 Å². The summed E-state index contributed by atoms with van der Waals surface area (Å²) < 4.78 is 0. The lowest BCUT2D eigenvalue weighted by atomic mass is 10.0. The molecule has 0 unspecified atom stereocenters. The number of amides is 2. The molecule has 0 atom stereocenters. The molecule has 20 heavy (non-hydrogen) atoms. The summed E-state index contributed by atoms with van der Waals surface area (Å²) in [6.07, 6.45) is 1.79. The van der Waals surface area contributed by atoms with Crippen molar-refractivity contribution in [3.05, 3.63) is 28.8 Å². The monoisotopic (exact) mass is 273 g/mol. The zero-order chi connectivity index (χ0) is 14.1. The Morgan fingerprint density at radius 1 is 1.25 bits per heavy atom. The lowest BCUT2D eigenvalue weighted by Crippen LogP contribution is -2.49. The summed E-state index contributed by atoms with van der Waals surface area (Å²) in [7, 11) is 0. The van der Waals surface area contributed by atoms with E-state index in [1.165, 1.54) is 5.56 Å². The van der Waals surface area contributed by atoms with Crippen LogP contribution < -0.4 is 10.2 Å². The highest BCUT2D eigenvalue weighted by Gasteiger charge is 2.28. The first-order chi connectivity index (χ1) is 9.74. The van der Waals surface area contributed by atoms with Gasteiger partial charge in [0.05, 0.1) is 5.69 Å². The fourth-order valence-electron chi connectivity index (χ4n) is 2.98. The van der Waals surface area contributed by atoms with E-state index in [9.17, 15) is 9.59 Å². The van der Waals surface area contributed by atoms with Gasteiger partial charge in [0.2, 0.25) is 0 Å². The van der Waals surface area contributed by atoms with E-state index in [0.717, 1.165) is 43.6 Å². The average molecular weight is 273 g/mol. The standard InChI is InChI=1S/C15H19N3O2/c1-2-17-4-3-5-18(15(17)20)14-7-12-9-16-8-11(12)6-13(14)10-19/h6-7,10,16H,2-5,8-9H2,1H3. The molecule has 0 bridgehead atoms. The lowest BCUT2D eigenvalue weighted by molar-refractivity contribution is 0.112. The Labute approximate surface area is 118 Å². The molecule has 2 aliphatic heterocycles. The van der Waals surface area contributed by atoms with E-state index in [4.69, 9.17) is 0 Å². The van der Waals surface area contributed by atoms with Gasteiger partial charge in [-0.2, -0.15) is 0 Å². The second-order valence-corrected chi connectivity index (χ2v) is 5.27. The van der Waals surface area contributed by atoms with E-state index in [-0.39, 0.29) is 6.03 Å². The molecule has 0 radical (unpaired) electrons. The Kier molecular flexibility index (Phi) is 3.44. The first-order valence-corrected chi connectivity index (χ1v) is 7.12. The van der Waals surface area contributed by atoms with Crippen LogP contribution in [-0.4, -0.2) is 36.9 Å². The highest BCUT2D eigenvalue weighted by molar-refractivity contribution is 5.98. The van der Waals surface area contributed by atoms with E-state index in [1.807, 2.05) is 24.0 Å². The van der Waals surface area contributed by atoms with Crippen LogP contribution in [-0.2, 0) is 13.1 Å². The molecule has 0 aliphatic carbocycles. The normalized spacial score (nSPS) is 18.4. The predicted octanol–water partition coefficient (Wildman–Crippen LogP) is 1.75. The minimum absolute atomic E-state index is 0.00718. The van der Waals surface area contributed by atoms with Gasteiger partial charge in [-0.15, -0.1) is 0 Å². The Bertz CT molecular complexity index is 556. The van der Waals surface area contributed by atoms with Crippen molar-refractivity contribution in [3.8, 4) is 0 Å². The molecule has 1 aromatic carbocycles. The third-order valence-electron chi connectivity index (χ3n) is 4.09. The van der Waals surface area contributed by atoms with E-state index < -0.39 is 0 Å². The van der Waals surface area contributed by atoms with Gasteiger partial charge in [0.25, 0.3) is 0 Å². The quantitative estimate of drug-likeness (QED) is 0.854. The summed E-state index contributed by atoms with van der Waals surface area (Å²) in [6.45, 7) is 5.77. The first-order valence-electron chi connectivity index (χ1n) is 7.12. The van der Waals surface area contributed by atoms with E-state index in [1.54, 1.807) is 4.90 Å². The Hall–Kier alpha value is -1.88. The number of hydrogen-bond donors (Lipinski definition) is 1. The molecule has 1 fully saturated rings. The number of benzene rings is 1. The fraction of sp³-hybridized carbons (Fsp3) is 0.467. The minimum atomic E-state index is 0.00718. The van der Waals surface area contributed by atoms with Crippen LogP contribution >= 0.6 is 0 Å². The minimum Gasteiger partial charge on any atom is -0.325 e. The third-order valence-corrected chi connectivity index (χ3v) is 4.09. The van der Waals surface area contributed by atoms with Crippen LogP contribution in [0, 0.1) is 0 Å². The molecule has 2 heterocycles. The summed E-state index contributed by atoms with van der Waals surface area (Å²) in [5, 5.41) is 3.27. The summed E-state index contributed by atoms with van der Waals surface area (Å²) in [4.78, 5) is 27.4. The van der Waals surface area contributed by atoms with Gasteiger partial charge < -0.3 is 10.2 Å². The number of aldehydes is 1. The molecular weight excluding hydrogens is 254 g/mol. The zero-order valence-electron chi connectivity index (χ0n) is 11.7. The van der Waals surface area contributed by atoms with Crippen LogP contribution in [0.25, 0.3) is 0 Å². The summed E-state index contributed by atoms with van der Waals surface area (Å²) in [5.41, 5.74) is 3.71.